The molecule has 1 atom stereocenters. The van der Waals surface area contributed by atoms with E-state index in [9.17, 15) is 9.18 Å². The van der Waals surface area contributed by atoms with E-state index in [1.165, 1.54) is 12.3 Å². The van der Waals surface area contributed by atoms with E-state index in [-0.39, 0.29) is 23.5 Å². The van der Waals surface area contributed by atoms with E-state index in [1.54, 1.807) is 35.3 Å². The van der Waals surface area contributed by atoms with E-state index in [1.807, 2.05) is 18.9 Å². The van der Waals surface area contributed by atoms with E-state index < -0.39 is 5.82 Å². The Bertz CT molecular complexity index is 1040. The number of halogens is 1. The molecule has 8 heteroatoms. The summed E-state index contributed by atoms with van der Waals surface area (Å²) < 4.78 is 21.4. The highest BCUT2D eigenvalue weighted by Gasteiger charge is 2.30. The summed E-state index contributed by atoms with van der Waals surface area (Å²) in [6.07, 6.45) is 6.41. The van der Waals surface area contributed by atoms with Crippen molar-refractivity contribution in [2.24, 2.45) is 7.05 Å². The first-order chi connectivity index (χ1) is 14.0. The SMILES string of the molecule is Cc1c(C(=O)N2CCC[C@H](c3nccnc3Oc3ccccc3F)C2)cnn1C. The predicted molar refractivity (Wildman–Crippen MR) is 104 cm³/mol. The minimum absolute atomic E-state index is 0.0410. The van der Waals surface area contributed by atoms with Gasteiger partial charge in [-0.05, 0) is 31.9 Å². The lowest BCUT2D eigenvalue weighted by Gasteiger charge is -2.32. The van der Waals surface area contributed by atoms with Crippen LogP contribution in [0.1, 0.15) is 40.5 Å². The Morgan fingerprint density at radius 1 is 1.24 bits per heavy atom. The number of aryl methyl sites for hydroxylation is 1. The highest BCUT2D eigenvalue weighted by Crippen LogP contribution is 2.33. The van der Waals surface area contributed by atoms with Gasteiger partial charge in [0.05, 0.1) is 11.8 Å². The van der Waals surface area contributed by atoms with Crippen molar-refractivity contribution in [3.05, 3.63) is 65.6 Å². The lowest BCUT2D eigenvalue weighted by atomic mass is 9.94. The maximum absolute atomic E-state index is 14.0. The standard InChI is InChI=1S/C21H22FN5O2/c1-14-16(12-25-26(14)2)21(28)27-11-5-6-15(13-27)19-20(24-10-9-23-19)29-18-8-4-3-7-17(18)22/h3-4,7-10,12,15H,5-6,11,13H2,1-2H3/t15-/m0/s1. The van der Waals surface area contributed by atoms with Crippen LogP contribution in [0.4, 0.5) is 4.39 Å². The fraction of sp³-hybridized carbons (Fsp3) is 0.333. The minimum atomic E-state index is -0.461. The van der Waals surface area contributed by atoms with Crippen LogP contribution in [0.25, 0.3) is 0 Å². The topological polar surface area (TPSA) is 73.1 Å². The monoisotopic (exact) mass is 395 g/mol. The van der Waals surface area contributed by atoms with Crippen molar-refractivity contribution in [3.63, 3.8) is 0 Å². The lowest BCUT2D eigenvalue weighted by Crippen LogP contribution is -2.39. The summed E-state index contributed by atoms with van der Waals surface area (Å²) in [6.45, 7) is 3.05. The molecule has 0 aliphatic carbocycles. The molecule has 0 N–H and O–H groups in total. The van der Waals surface area contributed by atoms with Crippen molar-refractivity contribution in [2.45, 2.75) is 25.7 Å². The van der Waals surface area contributed by atoms with Gasteiger partial charge in [-0.15, -0.1) is 0 Å². The summed E-state index contributed by atoms with van der Waals surface area (Å²) >= 11 is 0. The second-order valence-corrected chi connectivity index (χ2v) is 7.14. The van der Waals surface area contributed by atoms with Crippen LogP contribution in [0.15, 0.2) is 42.9 Å². The van der Waals surface area contributed by atoms with Gasteiger partial charge in [0.25, 0.3) is 5.91 Å². The van der Waals surface area contributed by atoms with Crippen molar-refractivity contribution >= 4 is 5.91 Å². The molecular formula is C21H22FN5O2. The molecule has 0 spiro atoms. The maximum Gasteiger partial charge on any atom is 0.257 e. The summed E-state index contributed by atoms with van der Waals surface area (Å²) in [5.74, 6) is -0.170. The highest BCUT2D eigenvalue weighted by atomic mass is 19.1. The third-order valence-corrected chi connectivity index (χ3v) is 5.30. The molecule has 29 heavy (non-hydrogen) atoms. The number of carbonyl (C=O) groups is 1. The first-order valence-corrected chi connectivity index (χ1v) is 9.55. The number of hydrogen-bond donors (Lipinski definition) is 0. The van der Waals surface area contributed by atoms with Crippen molar-refractivity contribution in [1.82, 2.24) is 24.6 Å². The fourth-order valence-corrected chi connectivity index (χ4v) is 3.59. The normalized spacial score (nSPS) is 16.7. The molecule has 0 bridgehead atoms. The molecule has 1 fully saturated rings. The number of para-hydroxylation sites is 1. The van der Waals surface area contributed by atoms with E-state index in [0.29, 0.717) is 24.3 Å². The van der Waals surface area contributed by atoms with Crippen molar-refractivity contribution in [1.29, 1.82) is 0 Å². The third kappa shape index (κ3) is 3.83. The number of hydrogen-bond acceptors (Lipinski definition) is 5. The summed E-state index contributed by atoms with van der Waals surface area (Å²) in [4.78, 5) is 23.5. The Morgan fingerprint density at radius 3 is 2.79 bits per heavy atom. The summed E-state index contributed by atoms with van der Waals surface area (Å²) in [5.41, 5.74) is 2.08. The highest BCUT2D eigenvalue weighted by molar-refractivity contribution is 5.95. The van der Waals surface area contributed by atoms with Gasteiger partial charge < -0.3 is 9.64 Å². The van der Waals surface area contributed by atoms with E-state index in [2.05, 4.69) is 15.1 Å². The van der Waals surface area contributed by atoms with Crippen LogP contribution in [0.3, 0.4) is 0 Å². The molecule has 0 saturated carbocycles. The van der Waals surface area contributed by atoms with Crippen molar-refractivity contribution in [3.8, 4) is 11.6 Å². The first kappa shape index (κ1) is 19.0. The molecule has 7 nitrogen and oxygen atoms in total. The molecule has 3 aromatic rings. The van der Waals surface area contributed by atoms with Crippen molar-refractivity contribution < 1.29 is 13.9 Å². The number of likely N-dealkylation sites (tertiary alicyclic amines) is 1. The number of aromatic nitrogens is 4. The quantitative estimate of drug-likeness (QED) is 0.676. The molecule has 1 aliphatic heterocycles. The van der Waals surface area contributed by atoms with Crippen LogP contribution < -0.4 is 4.74 Å². The van der Waals surface area contributed by atoms with Gasteiger partial charge in [-0.2, -0.15) is 5.10 Å². The second-order valence-electron chi connectivity index (χ2n) is 7.14. The number of benzene rings is 1. The number of piperidine rings is 1. The smallest absolute Gasteiger partial charge is 0.257 e. The van der Waals surface area contributed by atoms with Gasteiger partial charge in [0.2, 0.25) is 5.88 Å². The molecular weight excluding hydrogens is 373 g/mol. The number of carbonyl (C=O) groups excluding carboxylic acids is 1. The number of nitrogens with zero attached hydrogens (tertiary/aromatic N) is 5. The zero-order valence-corrected chi connectivity index (χ0v) is 16.4. The fourth-order valence-electron chi connectivity index (χ4n) is 3.59. The molecule has 3 heterocycles. The predicted octanol–water partition coefficient (Wildman–Crippen LogP) is 3.47. The van der Waals surface area contributed by atoms with Gasteiger partial charge in [0.1, 0.15) is 5.69 Å². The van der Waals surface area contributed by atoms with Gasteiger partial charge in [-0.25, -0.2) is 9.37 Å². The summed E-state index contributed by atoms with van der Waals surface area (Å²) in [7, 11) is 1.82. The molecule has 1 aromatic carbocycles. The van der Waals surface area contributed by atoms with Crippen LogP contribution in [0, 0.1) is 12.7 Å². The molecule has 150 valence electrons. The molecule has 1 aliphatic rings. The first-order valence-electron chi connectivity index (χ1n) is 9.55. The molecule has 2 aromatic heterocycles. The zero-order valence-electron chi connectivity index (χ0n) is 16.4. The largest absolute Gasteiger partial charge is 0.434 e. The Labute approximate surface area is 168 Å². The van der Waals surface area contributed by atoms with Gasteiger partial charge >= 0.3 is 0 Å². The van der Waals surface area contributed by atoms with Crippen molar-refractivity contribution in [2.75, 3.05) is 13.1 Å². The second kappa shape index (κ2) is 7.98. The molecule has 1 saturated heterocycles. The molecule has 1 amide bonds. The number of rotatable bonds is 4. The average molecular weight is 395 g/mol. The number of amides is 1. The zero-order chi connectivity index (χ0) is 20.4. The van der Waals surface area contributed by atoms with Gasteiger partial charge in [-0.1, -0.05) is 12.1 Å². The Morgan fingerprint density at radius 2 is 2.03 bits per heavy atom. The minimum Gasteiger partial charge on any atom is -0.434 e. The Hall–Kier alpha value is -3.29. The molecule has 0 radical (unpaired) electrons. The number of ether oxygens (including phenoxy) is 1. The Kier molecular flexibility index (Phi) is 5.24. The average Bonchev–Trinajstić information content (AvgIpc) is 3.08. The van der Waals surface area contributed by atoms with Crippen LogP contribution >= 0.6 is 0 Å². The maximum atomic E-state index is 14.0. The van der Waals surface area contributed by atoms with E-state index in [4.69, 9.17) is 4.74 Å². The summed E-state index contributed by atoms with van der Waals surface area (Å²) in [5, 5.41) is 4.17. The van der Waals surface area contributed by atoms with Gasteiger partial charge in [0.15, 0.2) is 11.6 Å². The van der Waals surface area contributed by atoms with Crippen LogP contribution in [0.2, 0.25) is 0 Å². The van der Waals surface area contributed by atoms with E-state index >= 15 is 0 Å². The third-order valence-electron chi connectivity index (χ3n) is 5.30. The van der Waals surface area contributed by atoms with E-state index in [0.717, 1.165) is 18.5 Å². The molecule has 0 unspecified atom stereocenters. The Balaban J connectivity index is 1.57. The molecule has 4 rings (SSSR count). The van der Waals surface area contributed by atoms with Gasteiger partial charge in [0, 0.05) is 44.1 Å². The van der Waals surface area contributed by atoms with Crippen LogP contribution in [0.5, 0.6) is 11.6 Å². The van der Waals surface area contributed by atoms with Crippen LogP contribution in [-0.4, -0.2) is 43.6 Å². The van der Waals surface area contributed by atoms with Crippen LogP contribution in [-0.2, 0) is 7.05 Å². The van der Waals surface area contributed by atoms with Gasteiger partial charge in [-0.3, -0.25) is 14.5 Å². The lowest BCUT2D eigenvalue weighted by molar-refractivity contribution is 0.0704. The summed E-state index contributed by atoms with van der Waals surface area (Å²) in [6, 6.07) is 6.19.